The molecule has 0 fully saturated rings. The van der Waals surface area contributed by atoms with Gasteiger partial charge in [-0.1, -0.05) is 0 Å². The third-order valence-electron chi connectivity index (χ3n) is 2.80. The predicted molar refractivity (Wildman–Crippen MR) is 83.3 cm³/mol. The average Bonchev–Trinajstić information content (AvgIpc) is 2.38. The molecule has 0 bridgehead atoms. The Bertz CT molecular complexity index is 682. The zero-order chi connectivity index (χ0) is 14.5. The summed E-state index contributed by atoms with van der Waals surface area (Å²) in [4.78, 5) is 11.4. The predicted octanol–water partition coefficient (Wildman–Crippen LogP) is 2.03. The van der Waals surface area contributed by atoms with Crippen LogP contribution in [0.5, 0.6) is 0 Å². The van der Waals surface area contributed by atoms with Crippen molar-refractivity contribution in [2.24, 2.45) is 0 Å². The second kappa shape index (κ2) is 6.49. The molecule has 5 nitrogen and oxygen atoms in total. The number of fused-ring (bicyclic) bond motifs is 1. The molecule has 2 rings (SSSR count). The van der Waals surface area contributed by atoms with E-state index in [-0.39, 0.29) is 5.63 Å². The average molecular weight is 292 g/mol. The lowest BCUT2D eigenvalue weighted by Gasteiger charge is -2.10. The highest BCUT2D eigenvalue weighted by Crippen LogP contribution is 2.20. The molecule has 0 aliphatic carbocycles. The number of ether oxygens (including phenoxy) is 1. The fourth-order valence-electron chi connectivity index (χ4n) is 1.84. The van der Waals surface area contributed by atoms with Crippen molar-refractivity contribution in [3.8, 4) is 0 Å². The van der Waals surface area contributed by atoms with Gasteiger partial charge in [-0.05, 0) is 36.8 Å². The SMILES string of the molecule is COCCNC(=S)Nc1ccc2c(C)cc(=O)oc2c1. The maximum absolute atomic E-state index is 11.4. The number of methoxy groups -OCH3 is 1. The van der Waals surface area contributed by atoms with Crippen LogP contribution in [-0.2, 0) is 4.74 Å². The monoisotopic (exact) mass is 292 g/mol. The van der Waals surface area contributed by atoms with Gasteiger partial charge in [0.2, 0.25) is 0 Å². The molecule has 2 N–H and O–H groups in total. The lowest BCUT2D eigenvalue weighted by molar-refractivity contribution is 0.204. The van der Waals surface area contributed by atoms with E-state index in [1.54, 1.807) is 13.2 Å². The van der Waals surface area contributed by atoms with Crippen molar-refractivity contribution >= 4 is 34.0 Å². The molecule has 0 spiro atoms. The third-order valence-corrected chi connectivity index (χ3v) is 3.05. The summed E-state index contributed by atoms with van der Waals surface area (Å²) in [6, 6.07) is 7.02. The van der Waals surface area contributed by atoms with Crippen molar-refractivity contribution in [1.29, 1.82) is 0 Å². The van der Waals surface area contributed by atoms with E-state index in [9.17, 15) is 4.79 Å². The highest BCUT2D eigenvalue weighted by molar-refractivity contribution is 7.80. The van der Waals surface area contributed by atoms with Crippen LogP contribution >= 0.6 is 12.2 Å². The second-order valence-electron chi connectivity index (χ2n) is 4.33. The molecule has 0 radical (unpaired) electrons. The molecule has 106 valence electrons. The first-order chi connectivity index (χ1) is 9.60. The first-order valence-corrected chi connectivity index (χ1v) is 6.59. The van der Waals surface area contributed by atoms with Gasteiger partial charge in [-0.2, -0.15) is 0 Å². The number of hydrogen-bond donors (Lipinski definition) is 2. The number of nitrogens with one attached hydrogen (secondary N) is 2. The van der Waals surface area contributed by atoms with E-state index >= 15 is 0 Å². The zero-order valence-electron chi connectivity index (χ0n) is 11.4. The first-order valence-electron chi connectivity index (χ1n) is 6.18. The van der Waals surface area contributed by atoms with Crippen LogP contribution in [0.2, 0.25) is 0 Å². The van der Waals surface area contributed by atoms with Gasteiger partial charge in [-0.25, -0.2) is 4.79 Å². The minimum absolute atomic E-state index is 0.354. The summed E-state index contributed by atoms with van der Waals surface area (Å²) in [5, 5.41) is 7.45. The molecule has 0 amide bonds. The Balaban J connectivity index is 2.15. The number of benzene rings is 1. The second-order valence-corrected chi connectivity index (χ2v) is 4.74. The maximum atomic E-state index is 11.4. The van der Waals surface area contributed by atoms with Crippen LogP contribution in [0.1, 0.15) is 5.56 Å². The fraction of sp³-hybridized carbons (Fsp3) is 0.286. The molecule has 0 unspecified atom stereocenters. The van der Waals surface area contributed by atoms with Crippen molar-refractivity contribution in [3.63, 3.8) is 0 Å². The van der Waals surface area contributed by atoms with Crippen LogP contribution in [0.3, 0.4) is 0 Å². The Morgan fingerprint density at radius 3 is 2.95 bits per heavy atom. The quantitative estimate of drug-likeness (QED) is 0.511. The van der Waals surface area contributed by atoms with E-state index in [1.165, 1.54) is 6.07 Å². The third kappa shape index (κ3) is 3.55. The Morgan fingerprint density at radius 1 is 1.40 bits per heavy atom. The van der Waals surface area contributed by atoms with E-state index in [0.29, 0.717) is 23.8 Å². The zero-order valence-corrected chi connectivity index (χ0v) is 12.2. The molecule has 20 heavy (non-hydrogen) atoms. The van der Waals surface area contributed by atoms with Gasteiger partial charge in [-0.15, -0.1) is 0 Å². The molecule has 0 saturated heterocycles. The smallest absolute Gasteiger partial charge is 0.336 e. The molecule has 2 aromatic rings. The lowest BCUT2D eigenvalue weighted by Crippen LogP contribution is -2.31. The molecule has 1 aromatic carbocycles. The largest absolute Gasteiger partial charge is 0.423 e. The summed E-state index contributed by atoms with van der Waals surface area (Å²) >= 11 is 5.15. The van der Waals surface area contributed by atoms with E-state index in [4.69, 9.17) is 21.4 Å². The van der Waals surface area contributed by atoms with E-state index in [0.717, 1.165) is 16.6 Å². The van der Waals surface area contributed by atoms with E-state index in [1.807, 2.05) is 19.1 Å². The summed E-state index contributed by atoms with van der Waals surface area (Å²) in [7, 11) is 1.63. The minimum atomic E-state index is -0.354. The molecule has 0 atom stereocenters. The Morgan fingerprint density at radius 2 is 2.20 bits per heavy atom. The fourth-order valence-corrected chi connectivity index (χ4v) is 2.06. The van der Waals surface area contributed by atoms with Crippen molar-refractivity contribution in [1.82, 2.24) is 5.32 Å². The Kier molecular flexibility index (Phi) is 4.70. The Hall–Kier alpha value is -1.92. The van der Waals surface area contributed by atoms with Crippen molar-refractivity contribution in [2.75, 3.05) is 25.6 Å². The molecule has 0 aliphatic rings. The topological polar surface area (TPSA) is 63.5 Å². The van der Waals surface area contributed by atoms with Gasteiger partial charge in [0.05, 0.1) is 6.61 Å². The maximum Gasteiger partial charge on any atom is 0.336 e. The summed E-state index contributed by atoms with van der Waals surface area (Å²) in [6.45, 7) is 3.08. The highest BCUT2D eigenvalue weighted by atomic mass is 32.1. The van der Waals surface area contributed by atoms with Crippen LogP contribution in [0.25, 0.3) is 11.0 Å². The van der Waals surface area contributed by atoms with Gasteiger partial charge in [-0.3, -0.25) is 0 Å². The summed E-state index contributed by atoms with van der Waals surface area (Å²) < 4.78 is 10.1. The molecule has 0 aliphatic heterocycles. The molecule has 0 saturated carbocycles. The minimum Gasteiger partial charge on any atom is -0.423 e. The van der Waals surface area contributed by atoms with E-state index in [2.05, 4.69) is 10.6 Å². The number of rotatable bonds is 4. The van der Waals surface area contributed by atoms with Crippen molar-refractivity contribution in [3.05, 3.63) is 40.2 Å². The highest BCUT2D eigenvalue weighted by Gasteiger charge is 2.04. The molecule has 1 aromatic heterocycles. The van der Waals surface area contributed by atoms with Gasteiger partial charge < -0.3 is 19.8 Å². The van der Waals surface area contributed by atoms with Crippen molar-refractivity contribution in [2.45, 2.75) is 6.92 Å². The van der Waals surface area contributed by atoms with Crippen LogP contribution in [0.4, 0.5) is 5.69 Å². The van der Waals surface area contributed by atoms with Crippen molar-refractivity contribution < 1.29 is 9.15 Å². The molecule has 6 heteroatoms. The Labute approximate surface area is 121 Å². The molecular weight excluding hydrogens is 276 g/mol. The van der Waals surface area contributed by atoms with Crippen LogP contribution in [0, 0.1) is 6.92 Å². The number of thiocarbonyl (C=S) groups is 1. The number of aryl methyl sites for hydroxylation is 1. The van der Waals surface area contributed by atoms with Crippen LogP contribution in [-0.4, -0.2) is 25.4 Å². The van der Waals surface area contributed by atoms with E-state index < -0.39 is 0 Å². The summed E-state index contributed by atoms with van der Waals surface area (Å²) in [5.74, 6) is 0. The van der Waals surface area contributed by atoms with Gasteiger partial charge in [0, 0.05) is 36.9 Å². The standard InChI is InChI=1S/C14H16N2O3S/c1-9-7-13(17)19-12-8-10(3-4-11(9)12)16-14(20)15-5-6-18-2/h3-4,7-8H,5-6H2,1-2H3,(H2,15,16,20). The van der Waals surface area contributed by atoms with Crippen LogP contribution < -0.4 is 16.3 Å². The van der Waals surface area contributed by atoms with Gasteiger partial charge in [0.25, 0.3) is 0 Å². The van der Waals surface area contributed by atoms with Gasteiger partial charge >= 0.3 is 5.63 Å². The van der Waals surface area contributed by atoms with Crippen LogP contribution in [0.15, 0.2) is 33.5 Å². The lowest BCUT2D eigenvalue weighted by atomic mass is 10.1. The normalized spacial score (nSPS) is 10.5. The van der Waals surface area contributed by atoms with Gasteiger partial charge in [0.1, 0.15) is 5.58 Å². The summed E-state index contributed by atoms with van der Waals surface area (Å²) in [6.07, 6.45) is 0. The molecule has 1 heterocycles. The molecular formula is C14H16N2O3S. The first kappa shape index (κ1) is 14.5. The number of hydrogen-bond acceptors (Lipinski definition) is 4. The summed E-state index contributed by atoms with van der Waals surface area (Å²) in [5.41, 5.74) is 1.84. The number of anilines is 1. The van der Waals surface area contributed by atoms with Gasteiger partial charge in [0.15, 0.2) is 5.11 Å².